The molecule has 0 radical (unpaired) electrons. The molecule has 2 nitrogen and oxygen atoms in total. The van der Waals surface area contributed by atoms with Gasteiger partial charge in [0.1, 0.15) is 24.7 Å². The van der Waals surface area contributed by atoms with Crippen LogP contribution < -0.4 is 9.47 Å². The van der Waals surface area contributed by atoms with E-state index in [-0.39, 0.29) is 5.41 Å². The van der Waals surface area contributed by atoms with Crippen molar-refractivity contribution in [2.24, 2.45) is 5.92 Å². The fourth-order valence-corrected chi connectivity index (χ4v) is 4.45. The van der Waals surface area contributed by atoms with Gasteiger partial charge in [0.05, 0.1) is 0 Å². The molecule has 0 unspecified atom stereocenters. The largest absolute Gasteiger partial charge is 0.490 e. The number of hydrogen-bond acceptors (Lipinski definition) is 2. The second kappa shape index (κ2) is 9.64. The summed E-state index contributed by atoms with van der Waals surface area (Å²) in [5.41, 5.74) is 2.53. The summed E-state index contributed by atoms with van der Waals surface area (Å²) in [6, 6.07) is 17.2. The molecule has 0 heterocycles. The van der Waals surface area contributed by atoms with Gasteiger partial charge >= 0.3 is 0 Å². The number of hydrogen-bond donors (Lipinski definition) is 0. The molecule has 0 amide bonds. The normalized spacial score (nSPS) is 15.0. The maximum absolute atomic E-state index is 5.84. The molecular weight excluding hydrogens is 344 g/mol. The van der Waals surface area contributed by atoms with Gasteiger partial charge in [0.25, 0.3) is 0 Å². The maximum Gasteiger partial charge on any atom is 0.120 e. The number of benzene rings is 2. The highest BCUT2D eigenvalue weighted by atomic mass is 16.5. The minimum atomic E-state index is -0.0818. The molecule has 2 aromatic carbocycles. The molecule has 0 N–H and O–H groups in total. The van der Waals surface area contributed by atoms with Gasteiger partial charge in [0, 0.05) is 5.41 Å². The first-order chi connectivity index (χ1) is 13.7. The van der Waals surface area contributed by atoms with Crippen molar-refractivity contribution < 1.29 is 9.47 Å². The molecule has 2 heteroatoms. The van der Waals surface area contributed by atoms with E-state index in [1.165, 1.54) is 43.2 Å². The average molecular weight is 377 g/mol. The van der Waals surface area contributed by atoms with E-state index in [0.29, 0.717) is 19.1 Å². The van der Waals surface area contributed by atoms with E-state index in [2.05, 4.69) is 56.5 Å². The molecule has 0 aliphatic heterocycles. The minimum absolute atomic E-state index is 0.0818. The third-order valence-electron chi connectivity index (χ3n) is 6.02. The van der Waals surface area contributed by atoms with Crippen LogP contribution in [-0.2, 0) is 5.41 Å². The molecule has 148 valence electrons. The molecular formula is C26H32O2. The van der Waals surface area contributed by atoms with Crippen LogP contribution >= 0.6 is 0 Å². The van der Waals surface area contributed by atoms with Gasteiger partial charge in [-0.05, 0) is 54.2 Å². The van der Waals surface area contributed by atoms with Crippen LogP contribution in [0.1, 0.15) is 50.2 Å². The van der Waals surface area contributed by atoms with Crippen molar-refractivity contribution in [3.63, 3.8) is 0 Å². The molecule has 3 rings (SSSR count). The van der Waals surface area contributed by atoms with Crippen molar-refractivity contribution in [1.29, 1.82) is 0 Å². The van der Waals surface area contributed by atoms with Gasteiger partial charge in [0.2, 0.25) is 0 Å². The average Bonchev–Trinajstić information content (AvgIpc) is 2.76. The van der Waals surface area contributed by atoms with E-state index >= 15 is 0 Å². The molecule has 0 aromatic heterocycles. The third kappa shape index (κ3) is 4.49. The van der Waals surface area contributed by atoms with Crippen LogP contribution in [0.3, 0.4) is 0 Å². The standard InChI is InChI=1S/C26H32O2/c1-4-17-27-24-15-9-13-22(19-24)26(3,21-11-7-6-8-12-21)23-14-10-16-25(20-23)28-18-5-2/h4-5,9-10,13-16,19-21H,1-2,6-8,11-12,17-18H2,3H3. The summed E-state index contributed by atoms with van der Waals surface area (Å²) < 4.78 is 11.7. The van der Waals surface area contributed by atoms with E-state index in [1.807, 2.05) is 12.1 Å². The minimum Gasteiger partial charge on any atom is -0.490 e. The molecule has 0 spiro atoms. The lowest BCUT2D eigenvalue weighted by molar-refractivity contribution is 0.252. The molecule has 1 aliphatic carbocycles. The number of rotatable bonds is 9. The van der Waals surface area contributed by atoms with E-state index in [0.717, 1.165) is 11.5 Å². The highest BCUT2D eigenvalue weighted by molar-refractivity contribution is 5.45. The van der Waals surface area contributed by atoms with Crippen molar-refractivity contribution >= 4 is 0 Å². The summed E-state index contributed by atoms with van der Waals surface area (Å²) in [5.74, 6) is 2.41. The second-order valence-electron chi connectivity index (χ2n) is 7.79. The highest BCUT2D eigenvalue weighted by Gasteiger charge is 2.38. The van der Waals surface area contributed by atoms with Gasteiger partial charge in [-0.25, -0.2) is 0 Å². The molecule has 1 fully saturated rings. The van der Waals surface area contributed by atoms with Gasteiger partial charge in [-0.2, -0.15) is 0 Å². The van der Waals surface area contributed by atoms with Gasteiger partial charge in [-0.15, -0.1) is 0 Å². The Labute approximate surface area is 169 Å². The SMILES string of the molecule is C=CCOc1cccc(C(C)(c2cccc(OCC=C)c2)C2CCCCC2)c1. The second-order valence-corrected chi connectivity index (χ2v) is 7.79. The van der Waals surface area contributed by atoms with Crippen LogP contribution in [0.15, 0.2) is 73.8 Å². The number of ether oxygens (including phenoxy) is 2. The van der Waals surface area contributed by atoms with E-state index in [9.17, 15) is 0 Å². The summed E-state index contributed by atoms with van der Waals surface area (Å²) in [5, 5.41) is 0. The molecule has 28 heavy (non-hydrogen) atoms. The van der Waals surface area contributed by atoms with E-state index in [1.54, 1.807) is 12.2 Å². The quantitative estimate of drug-likeness (QED) is 0.453. The molecule has 0 bridgehead atoms. The third-order valence-corrected chi connectivity index (χ3v) is 6.02. The first kappa shape index (κ1) is 20.3. The molecule has 0 atom stereocenters. The topological polar surface area (TPSA) is 18.5 Å². The Kier molecular flexibility index (Phi) is 6.97. The zero-order valence-corrected chi connectivity index (χ0v) is 17.0. The van der Waals surface area contributed by atoms with Gasteiger partial charge in [-0.3, -0.25) is 0 Å². The van der Waals surface area contributed by atoms with E-state index in [4.69, 9.17) is 9.47 Å². The van der Waals surface area contributed by atoms with Crippen molar-refractivity contribution in [1.82, 2.24) is 0 Å². The molecule has 2 aromatic rings. The van der Waals surface area contributed by atoms with Crippen molar-refractivity contribution in [3.8, 4) is 11.5 Å². The zero-order valence-electron chi connectivity index (χ0n) is 17.0. The predicted molar refractivity (Wildman–Crippen MR) is 117 cm³/mol. The smallest absolute Gasteiger partial charge is 0.120 e. The van der Waals surface area contributed by atoms with Crippen LogP contribution in [0.5, 0.6) is 11.5 Å². The Morgan fingerprint density at radius 2 is 1.36 bits per heavy atom. The van der Waals surface area contributed by atoms with Gasteiger partial charge in [0.15, 0.2) is 0 Å². The molecule has 0 saturated heterocycles. The predicted octanol–water partition coefficient (Wildman–Crippen LogP) is 6.70. The summed E-state index contributed by atoms with van der Waals surface area (Å²) in [6.45, 7) is 10.9. The van der Waals surface area contributed by atoms with Crippen LogP contribution in [0.2, 0.25) is 0 Å². The Morgan fingerprint density at radius 1 is 0.857 bits per heavy atom. The Hall–Kier alpha value is -2.48. The van der Waals surface area contributed by atoms with Crippen LogP contribution in [0, 0.1) is 5.92 Å². The van der Waals surface area contributed by atoms with E-state index < -0.39 is 0 Å². The van der Waals surface area contributed by atoms with Crippen molar-refractivity contribution in [2.45, 2.75) is 44.4 Å². The lowest BCUT2D eigenvalue weighted by atomic mass is 9.63. The molecule has 1 saturated carbocycles. The first-order valence-corrected chi connectivity index (χ1v) is 10.4. The summed E-state index contributed by atoms with van der Waals surface area (Å²) in [6.07, 6.45) is 10.0. The summed E-state index contributed by atoms with van der Waals surface area (Å²) in [7, 11) is 0. The van der Waals surface area contributed by atoms with Gasteiger partial charge < -0.3 is 9.47 Å². The van der Waals surface area contributed by atoms with Crippen LogP contribution in [0.4, 0.5) is 0 Å². The van der Waals surface area contributed by atoms with Gasteiger partial charge in [-0.1, -0.05) is 75.8 Å². The fourth-order valence-electron chi connectivity index (χ4n) is 4.45. The maximum atomic E-state index is 5.84. The Balaban J connectivity index is 2.03. The Morgan fingerprint density at radius 3 is 1.82 bits per heavy atom. The Bertz CT molecular complexity index is 731. The van der Waals surface area contributed by atoms with Crippen molar-refractivity contribution in [2.75, 3.05) is 13.2 Å². The van der Waals surface area contributed by atoms with Crippen LogP contribution in [0.25, 0.3) is 0 Å². The highest BCUT2D eigenvalue weighted by Crippen LogP contribution is 2.46. The molecule has 1 aliphatic rings. The summed E-state index contributed by atoms with van der Waals surface area (Å²) in [4.78, 5) is 0. The zero-order chi connectivity index (χ0) is 19.8. The lowest BCUT2D eigenvalue weighted by Gasteiger charge is -2.41. The summed E-state index contributed by atoms with van der Waals surface area (Å²) >= 11 is 0. The lowest BCUT2D eigenvalue weighted by Crippen LogP contribution is -2.35. The monoisotopic (exact) mass is 376 g/mol. The van der Waals surface area contributed by atoms with Crippen LogP contribution in [-0.4, -0.2) is 13.2 Å². The van der Waals surface area contributed by atoms with Crippen molar-refractivity contribution in [3.05, 3.63) is 85.0 Å². The fraction of sp³-hybridized carbons (Fsp3) is 0.385. The first-order valence-electron chi connectivity index (χ1n) is 10.4.